The molecule has 1 heterocycles. The van der Waals surface area contributed by atoms with E-state index in [1.165, 1.54) is 6.07 Å². The van der Waals surface area contributed by atoms with Crippen molar-refractivity contribution in [2.24, 2.45) is 0 Å². The molecule has 2 rings (SSSR count). The normalized spacial score (nSPS) is 18.9. The zero-order valence-electron chi connectivity index (χ0n) is 8.79. The summed E-state index contributed by atoms with van der Waals surface area (Å²) >= 11 is 3.24. The van der Waals surface area contributed by atoms with Crippen LogP contribution in [0.2, 0.25) is 0 Å². The standard InChI is InChI=1S/C11H13BrFNOS/c12-10-2-1-9(11(13)7-10)8-14-3-5-16(15)6-4-14/h1-2,7H,3-6,8H2. The highest BCUT2D eigenvalue weighted by Gasteiger charge is 2.16. The molecule has 1 fully saturated rings. The summed E-state index contributed by atoms with van der Waals surface area (Å²) in [5, 5.41) is 0. The van der Waals surface area contributed by atoms with Crippen LogP contribution in [0.5, 0.6) is 0 Å². The topological polar surface area (TPSA) is 20.3 Å². The Balaban J connectivity index is 2.01. The van der Waals surface area contributed by atoms with Crippen molar-refractivity contribution in [2.75, 3.05) is 24.6 Å². The van der Waals surface area contributed by atoms with Crippen LogP contribution in [-0.4, -0.2) is 33.7 Å². The molecule has 5 heteroatoms. The molecule has 0 amide bonds. The van der Waals surface area contributed by atoms with E-state index in [1.54, 1.807) is 6.07 Å². The minimum Gasteiger partial charge on any atom is -0.297 e. The van der Waals surface area contributed by atoms with Crippen LogP contribution in [0.3, 0.4) is 0 Å². The molecule has 0 radical (unpaired) electrons. The molecule has 1 aromatic rings. The molecule has 1 saturated heterocycles. The van der Waals surface area contributed by atoms with Gasteiger partial charge in [-0.25, -0.2) is 4.39 Å². The Hall–Kier alpha value is -0.260. The minimum absolute atomic E-state index is 0.180. The highest BCUT2D eigenvalue weighted by Crippen LogP contribution is 2.17. The largest absolute Gasteiger partial charge is 0.297 e. The van der Waals surface area contributed by atoms with Gasteiger partial charge in [-0.3, -0.25) is 9.11 Å². The third kappa shape index (κ3) is 3.12. The lowest BCUT2D eigenvalue weighted by Gasteiger charge is -2.26. The zero-order valence-corrected chi connectivity index (χ0v) is 11.2. The van der Waals surface area contributed by atoms with Crippen LogP contribution in [-0.2, 0) is 17.3 Å². The molecule has 0 N–H and O–H groups in total. The summed E-state index contributed by atoms with van der Waals surface area (Å²) in [4.78, 5) is 2.15. The summed E-state index contributed by atoms with van der Waals surface area (Å²) in [6.07, 6.45) is 0. The molecule has 0 saturated carbocycles. The van der Waals surface area contributed by atoms with Gasteiger partial charge < -0.3 is 0 Å². The summed E-state index contributed by atoms with van der Waals surface area (Å²) in [7, 11) is -0.671. The Bertz CT molecular complexity index is 403. The Morgan fingerprint density at radius 2 is 2.06 bits per heavy atom. The van der Waals surface area contributed by atoms with Gasteiger partial charge in [-0.2, -0.15) is 0 Å². The van der Waals surface area contributed by atoms with E-state index in [-0.39, 0.29) is 5.82 Å². The number of hydrogen-bond donors (Lipinski definition) is 0. The van der Waals surface area contributed by atoms with Gasteiger partial charge in [0.25, 0.3) is 0 Å². The molecule has 0 atom stereocenters. The average Bonchev–Trinajstić information content (AvgIpc) is 2.25. The maximum Gasteiger partial charge on any atom is 0.128 e. The van der Waals surface area contributed by atoms with E-state index in [0.29, 0.717) is 23.6 Å². The van der Waals surface area contributed by atoms with Gasteiger partial charge in [0.05, 0.1) is 0 Å². The maximum absolute atomic E-state index is 13.6. The quantitative estimate of drug-likeness (QED) is 0.834. The number of halogens is 2. The van der Waals surface area contributed by atoms with Crippen LogP contribution in [0, 0.1) is 5.82 Å². The van der Waals surface area contributed by atoms with Gasteiger partial charge in [-0.05, 0) is 12.1 Å². The molecular formula is C11H13BrFNOS. The second-order valence-corrected chi connectivity index (χ2v) is 6.47. The van der Waals surface area contributed by atoms with Crippen molar-refractivity contribution in [3.8, 4) is 0 Å². The van der Waals surface area contributed by atoms with Crippen molar-refractivity contribution in [1.82, 2.24) is 4.90 Å². The van der Waals surface area contributed by atoms with E-state index < -0.39 is 10.8 Å². The number of benzene rings is 1. The highest BCUT2D eigenvalue weighted by atomic mass is 79.9. The zero-order chi connectivity index (χ0) is 11.5. The van der Waals surface area contributed by atoms with Gasteiger partial charge >= 0.3 is 0 Å². The second kappa shape index (κ2) is 5.38. The number of nitrogens with zero attached hydrogens (tertiary/aromatic N) is 1. The molecule has 16 heavy (non-hydrogen) atoms. The first-order valence-corrected chi connectivity index (χ1v) is 7.44. The van der Waals surface area contributed by atoms with E-state index in [0.717, 1.165) is 17.6 Å². The minimum atomic E-state index is -0.671. The molecule has 0 unspecified atom stereocenters. The Kier molecular flexibility index (Phi) is 4.10. The Morgan fingerprint density at radius 1 is 1.38 bits per heavy atom. The van der Waals surface area contributed by atoms with E-state index in [1.807, 2.05) is 6.07 Å². The summed E-state index contributed by atoms with van der Waals surface area (Å²) in [5.74, 6) is 1.23. The second-order valence-electron chi connectivity index (χ2n) is 3.86. The molecule has 1 aliphatic heterocycles. The Labute approximate surface area is 105 Å². The molecule has 0 bridgehead atoms. The predicted octanol–water partition coefficient (Wildman–Crippen LogP) is 2.15. The fraction of sp³-hybridized carbons (Fsp3) is 0.455. The summed E-state index contributed by atoms with van der Waals surface area (Å²) in [6.45, 7) is 2.19. The molecule has 1 aromatic carbocycles. The third-order valence-electron chi connectivity index (χ3n) is 2.68. The summed E-state index contributed by atoms with van der Waals surface area (Å²) < 4.78 is 25.5. The SMILES string of the molecule is O=S1CCN(Cc2ccc(Br)cc2F)CC1. The number of hydrogen-bond acceptors (Lipinski definition) is 2. The summed E-state index contributed by atoms with van der Waals surface area (Å²) in [6, 6.07) is 5.13. The van der Waals surface area contributed by atoms with Gasteiger partial charge in [0.15, 0.2) is 0 Å². The first-order valence-electron chi connectivity index (χ1n) is 5.16. The van der Waals surface area contributed by atoms with E-state index >= 15 is 0 Å². The van der Waals surface area contributed by atoms with E-state index in [4.69, 9.17) is 0 Å². The van der Waals surface area contributed by atoms with Gasteiger partial charge in [0.1, 0.15) is 5.82 Å². The van der Waals surface area contributed by atoms with Crippen molar-refractivity contribution in [3.05, 3.63) is 34.1 Å². The first kappa shape index (κ1) is 12.2. The molecule has 0 aliphatic carbocycles. The van der Waals surface area contributed by atoms with E-state index in [9.17, 15) is 8.60 Å². The van der Waals surface area contributed by atoms with Crippen LogP contribution >= 0.6 is 15.9 Å². The van der Waals surface area contributed by atoms with Crippen molar-refractivity contribution in [2.45, 2.75) is 6.54 Å². The molecule has 2 nitrogen and oxygen atoms in total. The highest BCUT2D eigenvalue weighted by molar-refractivity contribution is 9.10. The van der Waals surface area contributed by atoms with Crippen LogP contribution < -0.4 is 0 Å². The fourth-order valence-corrected chi connectivity index (χ4v) is 3.19. The van der Waals surface area contributed by atoms with Gasteiger partial charge in [0, 0.05) is 52.0 Å². The maximum atomic E-state index is 13.6. The monoisotopic (exact) mass is 305 g/mol. The lowest BCUT2D eigenvalue weighted by atomic mass is 10.2. The fourth-order valence-electron chi connectivity index (χ4n) is 1.72. The van der Waals surface area contributed by atoms with Gasteiger partial charge in [-0.15, -0.1) is 0 Å². The molecule has 0 aromatic heterocycles. The average molecular weight is 306 g/mol. The number of rotatable bonds is 2. The van der Waals surface area contributed by atoms with Crippen molar-refractivity contribution in [3.63, 3.8) is 0 Å². The molecule has 1 aliphatic rings. The smallest absolute Gasteiger partial charge is 0.128 e. The van der Waals surface area contributed by atoms with Gasteiger partial charge in [0.2, 0.25) is 0 Å². The Morgan fingerprint density at radius 3 is 2.69 bits per heavy atom. The van der Waals surface area contributed by atoms with Crippen LogP contribution in [0.1, 0.15) is 5.56 Å². The van der Waals surface area contributed by atoms with Crippen molar-refractivity contribution >= 4 is 26.7 Å². The lowest BCUT2D eigenvalue weighted by molar-refractivity contribution is 0.287. The predicted molar refractivity (Wildman–Crippen MR) is 67.3 cm³/mol. The van der Waals surface area contributed by atoms with Crippen LogP contribution in [0.25, 0.3) is 0 Å². The molecular weight excluding hydrogens is 293 g/mol. The van der Waals surface area contributed by atoms with Gasteiger partial charge in [-0.1, -0.05) is 22.0 Å². The summed E-state index contributed by atoms with van der Waals surface area (Å²) in [5.41, 5.74) is 0.705. The van der Waals surface area contributed by atoms with Crippen LogP contribution in [0.4, 0.5) is 4.39 Å². The third-order valence-corrected chi connectivity index (χ3v) is 4.45. The lowest BCUT2D eigenvalue weighted by Crippen LogP contribution is -2.37. The molecule has 88 valence electrons. The van der Waals surface area contributed by atoms with Crippen molar-refractivity contribution < 1.29 is 8.60 Å². The van der Waals surface area contributed by atoms with Crippen molar-refractivity contribution in [1.29, 1.82) is 0 Å². The molecule has 0 spiro atoms. The van der Waals surface area contributed by atoms with E-state index in [2.05, 4.69) is 20.8 Å². The van der Waals surface area contributed by atoms with Crippen LogP contribution in [0.15, 0.2) is 22.7 Å². The first-order chi connectivity index (χ1) is 7.65.